The Morgan fingerprint density at radius 3 is 2.83 bits per heavy atom. The van der Waals surface area contributed by atoms with E-state index in [9.17, 15) is 0 Å². The molecule has 0 bridgehead atoms. The van der Waals surface area contributed by atoms with Crippen LogP contribution in [0.25, 0.3) is 11.5 Å². The van der Waals surface area contributed by atoms with Gasteiger partial charge < -0.3 is 5.32 Å². The molecular formula is C13H17N5. The monoisotopic (exact) mass is 243 g/mol. The number of nitrogens with one attached hydrogen (secondary N) is 1. The van der Waals surface area contributed by atoms with Crippen LogP contribution in [-0.2, 0) is 6.54 Å². The summed E-state index contributed by atoms with van der Waals surface area (Å²) in [6, 6.07) is 1.99. The van der Waals surface area contributed by atoms with Gasteiger partial charge in [0.1, 0.15) is 5.69 Å². The maximum absolute atomic E-state index is 4.50. The van der Waals surface area contributed by atoms with Crippen molar-refractivity contribution in [3.8, 4) is 11.5 Å². The van der Waals surface area contributed by atoms with Crippen LogP contribution in [0.3, 0.4) is 0 Å². The van der Waals surface area contributed by atoms with Crippen molar-refractivity contribution in [2.75, 3.05) is 6.54 Å². The van der Waals surface area contributed by atoms with E-state index in [0.717, 1.165) is 30.9 Å². The molecule has 0 spiro atoms. The summed E-state index contributed by atoms with van der Waals surface area (Å²) in [5, 5.41) is 3.33. The number of aromatic nitrogens is 4. The molecule has 2 rings (SSSR count). The fourth-order valence-corrected chi connectivity index (χ4v) is 1.65. The van der Waals surface area contributed by atoms with E-state index in [1.807, 2.05) is 13.0 Å². The third-order valence-electron chi connectivity index (χ3n) is 2.43. The van der Waals surface area contributed by atoms with Gasteiger partial charge in [-0.2, -0.15) is 0 Å². The van der Waals surface area contributed by atoms with E-state index in [0.29, 0.717) is 11.5 Å². The Hall–Kier alpha value is -1.88. The number of rotatable bonds is 5. The SMILES string of the molecule is CCCNCc1cc(C)nc(-c2cnccn2)n1. The van der Waals surface area contributed by atoms with Gasteiger partial charge in [-0.05, 0) is 26.0 Å². The lowest BCUT2D eigenvalue weighted by Gasteiger charge is -2.06. The summed E-state index contributed by atoms with van der Waals surface area (Å²) < 4.78 is 0. The van der Waals surface area contributed by atoms with Crippen molar-refractivity contribution >= 4 is 0 Å². The highest BCUT2D eigenvalue weighted by molar-refractivity contribution is 5.47. The number of nitrogens with zero attached hydrogens (tertiary/aromatic N) is 4. The normalized spacial score (nSPS) is 10.6. The average molecular weight is 243 g/mol. The van der Waals surface area contributed by atoms with Gasteiger partial charge in [0.15, 0.2) is 5.82 Å². The molecule has 94 valence electrons. The van der Waals surface area contributed by atoms with Crippen molar-refractivity contribution in [2.24, 2.45) is 0 Å². The molecule has 18 heavy (non-hydrogen) atoms. The maximum Gasteiger partial charge on any atom is 0.180 e. The summed E-state index contributed by atoms with van der Waals surface area (Å²) in [7, 11) is 0. The molecule has 0 aliphatic heterocycles. The summed E-state index contributed by atoms with van der Waals surface area (Å²) in [5.74, 6) is 0.636. The Labute approximate surface area is 107 Å². The maximum atomic E-state index is 4.50. The van der Waals surface area contributed by atoms with Gasteiger partial charge in [0, 0.05) is 24.6 Å². The molecule has 0 aliphatic rings. The highest BCUT2D eigenvalue weighted by Gasteiger charge is 2.05. The second-order valence-electron chi connectivity index (χ2n) is 4.09. The van der Waals surface area contributed by atoms with Gasteiger partial charge in [-0.15, -0.1) is 0 Å². The molecule has 5 nitrogen and oxygen atoms in total. The molecule has 0 aliphatic carbocycles. The van der Waals surface area contributed by atoms with Crippen LogP contribution in [0.5, 0.6) is 0 Å². The van der Waals surface area contributed by atoms with Gasteiger partial charge in [0.2, 0.25) is 0 Å². The highest BCUT2D eigenvalue weighted by Crippen LogP contribution is 2.11. The molecule has 0 fully saturated rings. The van der Waals surface area contributed by atoms with Gasteiger partial charge in [0.05, 0.1) is 11.9 Å². The summed E-state index contributed by atoms with van der Waals surface area (Å²) >= 11 is 0. The van der Waals surface area contributed by atoms with Crippen LogP contribution < -0.4 is 5.32 Å². The number of hydrogen-bond acceptors (Lipinski definition) is 5. The Morgan fingerprint density at radius 2 is 2.11 bits per heavy atom. The van der Waals surface area contributed by atoms with E-state index in [1.54, 1.807) is 18.6 Å². The third kappa shape index (κ3) is 3.30. The van der Waals surface area contributed by atoms with Gasteiger partial charge in [-0.3, -0.25) is 4.98 Å². The Bertz CT molecular complexity index is 498. The minimum Gasteiger partial charge on any atom is -0.311 e. The van der Waals surface area contributed by atoms with Crippen molar-refractivity contribution < 1.29 is 0 Å². The van der Waals surface area contributed by atoms with Crippen molar-refractivity contribution in [1.29, 1.82) is 0 Å². The fraction of sp³-hybridized carbons (Fsp3) is 0.385. The standard InChI is InChI=1S/C13H17N5/c1-3-4-14-8-11-7-10(2)17-13(18-11)12-9-15-5-6-16-12/h5-7,9,14H,3-4,8H2,1-2H3. The summed E-state index contributed by atoms with van der Waals surface area (Å²) in [4.78, 5) is 17.1. The van der Waals surface area contributed by atoms with E-state index >= 15 is 0 Å². The zero-order valence-corrected chi connectivity index (χ0v) is 10.7. The summed E-state index contributed by atoms with van der Waals surface area (Å²) in [5.41, 5.74) is 2.63. The van der Waals surface area contributed by atoms with E-state index in [-0.39, 0.29) is 0 Å². The first-order chi connectivity index (χ1) is 8.79. The van der Waals surface area contributed by atoms with Crippen LogP contribution in [0, 0.1) is 6.92 Å². The lowest BCUT2D eigenvalue weighted by Crippen LogP contribution is -2.15. The van der Waals surface area contributed by atoms with Crippen LogP contribution in [0.1, 0.15) is 24.7 Å². The molecule has 5 heteroatoms. The molecule has 0 atom stereocenters. The Morgan fingerprint density at radius 1 is 1.22 bits per heavy atom. The van der Waals surface area contributed by atoms with Crippen LogP contribution >= 0.6 is 0 Å². The van der Waals surface area contributed by atoms with Crippen molar-refractivity contribution in [3.05, 3.63) is 36.0 Å². The van der Waals surface area contributed by atoms with E-state index < -0.39 is 0 Å². The van der Waals surface area contributed by atoms with Gasteiger partial charge in [-0.25, -0.2) is 15.0 Å². The zero-order valence-electron chi connectivity index (χ0n) is 10.7. The summed E-state index contributed by atoms with van der Waals surface area (Å²) in [6.07, 6.45) is 6.08. The van der Waals surface area contributed by atoms with Gasteiger partial charge >= 0.3 is 0 Å². The topological polar surface area (TPSA) is 63.6 Å². The van der Waals surface area contributed by atoms with E-state index in [4.69, 9.17) is 0 Å². The molecule has 0 unspecified atom stereocenters. The predicted octanol–water partition coefficient (Wildman–Crippen LogP) is 1.74. The molecule has 0 aromatic carbocycles. The predicted molar refractivity (Wildman–Crippen MR) is 69.8 cm³/mol. The second kappa shape index (κ2) is 6.16. The minimum atomic E-state index is 0.636. The van der Waals surface area contributed by atoms with E-state index in [2.05, 4.69) is 32.2 Å². The smallest absolute Gasteiger partial charge is 0.180 e. The van der Waals surface area contributed by atoms with Crippen LogP contribution in [0.15, 0.2) is 24.7 Å². The molecule has 2 aromatic rings. The molecule has 2 heterocycles. The third-order valence-corrected chi connectivity index (χ3v) is 2.43. The fourth-order valence-electron chi connectivity index (χ4n) is 1.65. The first-order valence-corrected chi connectivity index (χ1v) is 6.11. The molecule has 0 radical (unpaired) electrons. The van der Waals surface area contributed by atoms with Crippen molar-refractivity contribution in [1.82, 2.24) is 25.3 Å². The Balaban J connectivity index is 2.21. The quantitative estimate of drug-likeness (QED) is 0.810. The molecule has 0 saturated heterocycles. The molecule has 1 N–H and O–H groups in total. The van der Waals surface area contributed by atoms with Crippen LogP contribution in [-0.4, -0.2) is 26.5 Å². The summed E-state index contributed by atoms with van der Waals surface area (Å²) in [6.45, 7) is 5.85. The molecule has 0 saturated carbocycles. The largest absolute Gasteiger partial charge is 0.311 e. The molecular weight excluding hydrogens is 226 g/mol. The zero-order chi connectivity index (χ0) is 12.8. The van der Waals surface area contributed by atoms with Gasteiger partial charge in [0.25, 0.3) is 0 Å². The Kier molecular flexibility index (Phi) is 4.30. The lowest BCUT2D eigenvalue weighted by atomic mass is 10.3. The average Bonchev–Trinajstić information content (AvgIpc) is 2.39. The first kappa shape index (κ1) is 12.6. The first-order valence-electron chi connectivity index (χ1n) is 6.11. The van der Waals surface area contributed by atoms with E-state index in [1.165, 1.54) is 0 Å². The van der Waals surface area contributed by atoms with Crippen LogP contribution in [0.2, 0.25) is 0 Å². The number of hydrogen-bond donors (Lipinski definition) is 1. The van der Waals surface area contributed by atoms with Gasteiger partial charge in [-0.1, -0.05) is 6.92 Å². The van der Waals surface area contributed by atoms with Crippen LogP contribution in [0.4, 0.5) is 0 Å². The molecule has 0 amide bonds. The van der Waals surface area contributed by atoms with Crippen molar-refractivity contribution in [2.45, 2.75) is 26.8 Å². The van der Waals surface area contributed by atoms with Crippen molar-refractivity contribution in [3.63, 3.8) is 0 Å². The highest BCUT2D eigenvalue weighted by atomic mass is 15.0. The second-order valence-corrected chi connectivity index (χ2v) is 4.09. The minimum absolute atomic E-state index is 0.636. The lowest BCUT2D eigenvalue weighted by molar-refractivity contribution is 0.662. The molecule has 2 aromatic heterocycles. The number of aryl methyl sites for hydroxylation is 1.